The smallest absolute Gasteiger partial charge is 0.307 e. The summed E-state index contributed by atoms with van der Waals surface area (Å²) in [5, 5.41) is 2.74. The van der Waals surface area contributed by atoms with Crippen LogP contribution in [0.1, 0.15) is 38.7 Å². The van der Waals surface area contributed by atoms with Crippen LogP contribution in [0.15, 0.2) is 18.2 Å². The second-order valence-corrected chi connectivity index (χ2v) is 5.76. The average molecular weight is 335 g/mol. The van der Waals surface area contributed by atoms with Gasteiger partial charge in [0.2, 0.25) is 0 Å². The number of benzene rings is 1. The molecule has 2 rings (SSSR count). The van der Waals surface area contributed by atoms with Gasteiger partial charge >= 0.3 is 12.2 Å². The SMILES string of the molecule is CCCCC1(C(F)(F)F)c2cc(Cl)ccc2NC(=O)N1CC. The van der Waals surface area contributed by atoms with Crippen LogP contribution in [-0.2, 0) is 5.54 Å². The summed E-state index contributed by atoms with van der Waals surface area (Å²) in [6.45, 7) is 3.32. The Bertz CT molecular complexity index is 576. The van der Waals surface area contributed by atoms with Crippen LogP contribution < -0.4 is 5.32 Å². The van der Waals surface area contributed by atoms with E-state index in [1.165, 1.54) is 18.2 Å². The Hall–Kier alpha value is -1.43. The molecule has 0 saturated heterocycles. The molecule has 7 heteroatoms. The van der Waals surface area contributed by atoms with Gasteiger partial charge in [-0.05, 0) is 31.5 Å². The fraction of sp³-hybridized carbons (Fsp3) is 0.533. The number of unbranched alkanes of at least 4 members (excludes halogenated alkanes) is 1. The van der Waals surface area contributed by atoms with E-state index >= 15 is 0 Å². The number of hydrogen-bond donors (Lipinski definition) is 1. The summed E-state index contributed by atoms with van der Waals surface area (Å²) in [5.41, 5.74) is -2.14. The maximum absolute atomic E-state index is 14.1. The van der Waals surface area contributed by atoms with Crippen molar-refractivity contribution in [3.63, 3.8) is 0 Å². The molecule has 122 valence electrons. The molecule has 0 bridgehead atoms. The van der Waals surface area contributed by atoms with Gasteiger partial charge in [-0.3, -0.25) is 0 Å². The highest BCUT2D eigenvalue weighted by molar-refractivity contribution is 6.30. The van der Waals surface area contributed by atoms with Crippen LogP contribution in [0.3, 0.4) is 0 Å². The summed E-state index contributed by atoms with van der Waals surface area (Å²) < 4.78 is 42.2. The number of alkyl halides is 3. The number of amides is 2. The van der Waals surface area contributed by atoms with Crippen LogP contribution in [0.25, 0.3) is 0 Å². The van der Waals surface area contributed by atoms with Crippen molar-refractivity contribution in [1.29, 1.82) is 0 Å². The van der Waals surface area contributed by atoms with Crippen molar-refractivity contribution in [2.24, 2.45) is 0 Å². The Labute approximate surface area is 132 Å². The third kappa shape index (κ3) is 2.53. The molecule has 3 nitrogen and oxygen atoms in total. The zero-order valence-electron chi connectivity index (χ0n) is 12.4. The molecular weight excluding hydrogens is 317 g/mol. The van der Waals surface area contributed by atoms with Gasteiger partial charge in [-0.15, -0.1) is 0 Å². The van der Waals surface area contributed by atoms with Gasteiger partial charge in [0, 0.05) is 22.8 Å². The number of anilines is 1. The standard InChI is InChI=1S/C15H18ClF3N2O/c1-3-5-8-14(15(17,18)19)11-9-10(16)6-7-12(11)20-13(22)21(14)4-2/h6-7,9H,3-5,8H2,1-2H3,(H,20,22). The summed E-state index contributed by atoms with van der Waals surface area (Å²) in [4.78, 5) is 13.0. The molecule has 1 unspecified atom stereocenters. The zero-order valence-corrected chi connectivity index (χ0v) is 13.2. The Balaban J connectivity index is 2.74. The number of hydrogen-bond acceptors (Lipinski definition) is 1. The quantitative estimate of drug-likeness (QED) is 0.810. The summed E-state index contributed by atoms with van der Waals surface area (Å²) in [6, 6.07) is 3.48. The van der Waals surface area contributed by atoms with E-state index in [1.54, 1.807) is 6.92 Å². The molecule has 1 aromatic rings. The fourth-order valence-electron chi connectivity index (χ4n) is 3.03. The van der Waals surface area contributed by atoms with E-state index in [2.05, 4.69) is 5.32 Å². The van der Waals surface area contributed by atoms with Crippen molar-refractivity contribution in [2.75, 3.05) is 11.9 Å². The number of nitrogens with zero attached hydrogens (tertiary/aromatic N) is 1. The maximum Gasteiger partial charge on any atom is 0.416 e. The Morgan fingerprint density at radius 1 is 1.32 bits per heavy atom. The van der Waals surface area contributed by atoms with E-state index in [4.69, 9.17) is 11.6 Å². The molecule has 0 fully saturated rings. The Morgan fingerprint density at radius 3 is 2.55 bits per heavy atom. The third-order valence-corrected chi connectivity index (χ3v) is 4.29. The van der Waals surface area contributed by atoms with Gasteiger partial charge in [0.05, 0.1) is 0 Å². The molecule has 1 aliphatic rings. The van der Waals surface area contributed by atoms with Crippen LogP contribution in [0.4, 0.5) is 23.7 Å². The number of fused-ring (bicyclic) bond motifs is 1. The van der Waals surface area contributed by atoms with E-state index < -0.39 is 17.7 Å². The number of carbonyl (C=O) groups is 1. The lowest BCUT2D eigenvalue weighted by molar-refractivity contribution is -0.231. The van der Waals surface area contributed by atoms with Gasteiger partial charge in [0.1, 0.15) is 0 Å². The number of urea groups is 1. The van der Waals surface area contributed by atoms with E-state index in [-0.39, 0.29) is 29.2 Å². The molecule has 1 atom stereocenters. The number of carbonyl (C=O) groups excluding carboxylic acids is 1. The molecule has 0 radical (unpaired) electrons. The molecule has 1 N–H and O–H groups in total. The van der Waals surface area contributed by atoms with Crippen molar-refractivity contribution in [3.05, 3.63) is 28.8 Å². The van der Waals surface area contributed by atoms with Crippen molar-refractivity contribution in [1.82, 2.24) is 4.90 Å². The summed E-state index contributed by atoms with van der Waals surface area (Å²) >= 11 is 5.92. The molecule has 0 saturated carbocycles. The minimum Gasteiger partial charge on any atom is -0.307 e. The van der Waals surface area contributed by atoms with E-state index in [1.807, 2.05) is 6.92 Å². The first-order valence-electron chi connectivity index (χ1n) is 7.23. The minimum atomic E-state index is -4.59. The van der Waals surface area contributed by atoms with Gasteiger partial charge in [-0.25, -0.2) is 4.79 Å². The molecule has 22 heavy (non-hydrogen) atoms. The predicted octanol–water partition coefficient (Wildman–Crippen LogP) is 5.16. The fourth-order valence-corrected chi connectivity index (χ4v) is 3.20. The maximum atomic E-state index is 14.1. The summed E-state index contributed by atoms with van der Waals surface area (Å²) in [6.07, 6.45) is -3.81. The highest BCUT2D eigenvalue weighted by Crippen LogP contribution is 2.52. The van der Waals surface area contributed by atoms with Gasteiger partial charge in [0.15, 0.2) is 5.54 Å². The monoisotopic (exact) mass is 334 g/mol. The minimum absolute atomic E-state index is 0.0161. The molecule has 0 aliphatic carbocycles. The first-order chi connectivity index (χ1) is 10.3. The van der Waals surface area contributed by atoms with Crippen molar-refractivity contribution in [2.45, 2.75) is 44.8 Å². The predicted molar refractivity (Wildman–Crippen MR) is 80.1 cm³/mol. The topological polar surface area (TPSA) is 32.3 Å². The van der Waals surface area contributed by atoms with Crippen LogP contribution in [-0.4, -0.2) is 23.7 Å². The highest BCUT2D eigenvalue weighted by Gasteiger charge is 2.62. The van der Waals surface area contributed by atoms with Gasteiger partial charge in [0.25, 0.3) is 0 Å². The molecular formula is C15H18ClF3N2O. The summed E-state index contributed by atoms with van der Waals surface area (Å²) in [5.74, 6) is 0. The normalized spacial score (nSPS) is 21.5. The van der Waals surface area contributed by atoms with Gasteiger partial charge in [-0.1, -0.05) is 31.4 Å². The highest BCUT2D eigenvalue weighted by atomic mass is 35.5. The van der Waals surface area contributed by atoms with E-state index in [0.717, 1.165) is 4.90 Å². The third-order valence-electron chi connectivity index (χ3n) is 4.05. The number of nitrogens with one attached hydrogen (secondary N) is 1. The lowest BCUT2D eigenvalue weighted by atomic mass is 9.80. The Kier molecular flexibility index (Phi) is 4.61. The van der Waals surface area contributed by atoms with Crippen LogP contribution in [0.2, 0.25) is 5.02 Å². The molecule has 2 amide bonds. The number of halogens is 4. The van der Waals surface area contributed by atoms with Crippen molar-refractivity contribution >= 4 is 23.3 Å². The first-order valence-corrected chi connectivity index (χ1v) is 7.61. The second kappa shape index (κ2) is 5.99. The van der Waals surface area contributed by atoms with Crippen LogP contribution in [0.5, 0.6) is 0 Å². The lowest BCUT2D eigenvalue weighted by Crippen LogP contribution is -2.62. The average Bonchev–Trinajstić information content (AvgIpc) is 2.43. The zero-order chi connectivity index (χ0) is 16.5. The molecule has 1 aromatic carbocycles. The molecule has 0 aromatic heterocycles. The van der Waals surface area contributed by atoms with Crippen molar-refractivity contribution < 1.29 is 18.0 Å². The molecule has 0 spiro atoms. The largest absolute Gasteiger partial charge is 0.416 e. The van der Waals surface area contributed by atoms with Crippen molar-refractivity contribution in [3.8, 4) is 0 Å². The van der Waals surface area contributed by atoms with E-state index in [0.29, 0.717) is 12.8 Å². The number of rotatable bonds is 4. The van der Waals surface area contributed by atoms with E-state index in [9.17, 15) is 18.0 Å². The first kappa shape index (κ1) is 16.9. The van der Waals surface area contributed by atoms with Gasteiger partial charge in [-0.2, -0.15) is 13.2 Å². The van der Waals surface area contributed by atoms with Gasteiger partial charge < -0.3 is 10.2 Å². The second-order valence-electron chi connectivity index (χ2n) is 5.33. The van der Waals surface area contributed by atoms with Crippen LogP contribution >= 0.6 is 11.6 Å². The molecule has 1 heterocycles. The van der Waals surface area contributed by atoms with Crippen LogP contribution in [0, 0.1) is 0 Å². The summed E-state index contributed by atoms with van der Waals surface area (Å²) in [7, 11) is 0. The lowest BCUT2D eigenvalue weighted by Gasteiger charge is -2.48. The molecule has 1 aliphatic heterocycles. The Morgan fingerprint density at radius 2 is 2.00 bits per heavy atom.